The van der Waals surface area contributed by atoms with Crippen molar-refractivity contribution in [3.8, 4) is 23.7 Å². The zero-order valence-electron chi connectivity index (χ0n) is 14.0. The zero-order chi connectivity index (χ0) is 17.7. The monoisotopic (exact) mass is 343 g/mol. The van der Waals surface area contributed by atoms with Gasteiger partial charge in [0.15, 0.2) is 5.82 Å². The van der Waals surface area contributed by atoms with E-state index in [4.69, 9.17) is 12.3 Å². The van der Waals surface area contributed by atoms with E-state index in [2.05, 4.69) is 54.3 Å². The van der Waals surface area contributed by atoms with Gasteiger partial charge in [0.2, 0.25) is 11.1 Å². The summed E-state index contributed by atoms with van der Waals surface area (Å²) in [6.07, 6.45) is 5.10. The zero-order valence-corrected chi connectivity index (χ0v) is 14.9. The Balaban J connectivity index is 2.09. The van der Waals surface area contributed by atoms with E-state index in [9.17, 15) is 4.79 Å². The van der Waals surface area contributed by atoms with Crippen molar-refractivity contribution in [2.24, 2.45) is 0 Å². The molecule has 1 aromatic heterocycles. The van der Waals surface area contributed by atoms with Crippen LogP contribution in [-0.2, 0) is 10.2 Å². The van der Waals surface area contributed by atoms with Gasteiger partial charge in [0.1, 0.15) is 0 Å². The minimum atomic E-state index is -0.169. The van der Waals surface area contributed by atoms with Crippen LogP contribution in [0.1, 0.15) is 26.3 Å². The number of carbonyl (C=O) groups is 1. The summed E-state index contributed by atoms with van der Waals surface area (Å²) >= 11 is 1.21. The maximum absolute atomic E-state index is 11.6. The van der Waals surface area contributed by atoms with Gasteiger partial charge in [-0.25, -0.2) is 4.68 Å². The molecule has 0 bridgehead atoms. The third-order valence-corrected chi connectivity index (χ3v) is 4.34. The van der Waals surface area contributed by atoms with Crippen molar-refractivity contribution in [3.63, 3.8) is 0 Å². The molecule has 2 aromatic rings. The Hall–Kier alpha value is -2.46. The summed E-state index contributed by atoms with van der Waals surface area (Å²) < 4.78 is 1.39. The molecule has 2 rings (SSSR count). The molecule has 0 aliphatic heterocycles. The molecule has 0 saturated carbocycles. The summed E-state index contributed by atoms with van der Waals surface area (Å²) in [6, 6.07) is 8.07. The molecule has 0 unspecified atom stereocenters. The van der Waals surface area contributed by atoms with E-state index in [1.807, 2.05) is 12.1 Å². The molecule has 0 atom stereocenters. The molecule has 126 valence electrons. The van der Waals surface area contributed by atoms with Gasteiger partial charge in [0.05, 0.1) is 12.3 Å². The Bertz CT molecular complexity index is 753. The summed E-state index contributed by atoms with van der Waals surface area (Å²) in [5.74, 6) is 8.97. The predicted octanol–water partition coefficient (Wildman–Crippen LogP) is 1.80. The van der Waals surface area contributed by atoms with Crippen molar-refractivity contribution >= 4 is 17.7 Å². The van der Waals surface area contributed by atoms with Crippen LogP contribution in [0.15, 0.2) is 29.4 Å². The first-order chi connectivity index (χ1) is 11.3. The Kier molecular flexibility index (Phi) is 5.52. The molecule has 0 fully saturated rings. The van der Waals surface area contributed by atoms with E-state index in [0.717, 1.165) is 5.56 Å². The van der Waals surface area contributed by atoms with Crippen LogP contribution in [-0.4, -0.2) is 33.1 Å². The highest BCUT2D eigenvalue weighted by molar-refractivity contribution is 7.99. The second-order valence-corrected chi connectivity index (χ2v) is 7.22. The highest BCUT2D eigenvalue weighted by Gasteiger charge is 2.16. The van der Waals surface area contributed by atoms with Gasteiger partial charge in [-0.1, -0.05) is 62.7 Å². The number of carbonyl (C=O) groups excluding carboxylic acids is 1. The van der Waals surface area contributed by atoms with Crippen LogP contribution in [0.4, 0.5) is 0 Å². The number of thioether (sulfide) groups is 1. The lowest BCUT2D eigenvalue weighted by Crippen LogP contribution is -2.25. The molecule has 3 N–H and O–H groups in total. The van der Waals surface area contributed by atoms with Gasteiger partial charge in [0, 0.05) is 5.56 Å². The highest BCUT2D eigenvalue weighted by Crippen LogP contribution is 2.26. The first kappa shape index (κ1) is 17.9. The Morgan fingerprint density at radius 2 is 2.00 bits per heavy atom. The van der Waals surface area contributed by atoms with Crippen molar-refractivity contribution < 1.29 is 4.79 Å². The van der Waals surface area contributed by atoms with Crippen LogP contribution in [0.5, 0.6) is 0 Å². The van der Waals surface area contributed by atoms with E-state index in [1.54, 1.807) is 0 Å². The smallest absolute Gasteiger partial charge is 0.231 e. The number of amides is 1. The van der Waals surface area contributed by atoms with Gasteiger partial charge in [-0.05, 0) is 11.0 Å². The topological polar surface area (TPSA) is 85.8 Å². The van der Waals surface area contributed by atoms with Crippen LogP contribution in [0, 0.1) is 12.3 Å². The average Bonchev–Trinajstić information content (AvgIpc) is 2.91. The SMILES string of the molecule is C#CCNC(=O)CSc1nnc(-c2ccc(C(C)(C)C)cc2)n1N. The number of nitrogens with zero attached hydrogens (tertiary/aromatic N) is 3. The number of hydrogen-bond donors (Lipinski definition) is 2. The third-order valence-electron chi connectivity index (χ3n) is 3.39. The Morgan fingerprint density at radius 1 is 1.33 bits per heavy atom. The third kappa shape index (κ3) is 4.30. The number of hydrogen-bond acceptors (Lipinski definition) is 5. The Labute approximate surface area is 146 Å². The molecule has 0 aliphatic carbocycles. The second kappa shape index (κ2) is 7.41. The van der Waals surface area contributed by atoms with E-state index in [-0.39, 0.29) is 23.6 Å². The average molecular weight is 343 g/mol. The lowest BCUT2D eigenvalue weighted by molar-refractivity contribution is -0.118. The number of nitrogens with one attached hydrogen (secondary N) is 1. The Morgan fingerprint density at radius 3 is 2.58 bits per heavy atom. The van der Waals surface area contributed by atoms with Crippen molar-refractivity contribution in [2.45, 2.75) is 31.3 Å². The number of rotatable bonds is 5. The summed E-state index contributed by atoms with van der Waals surface area (Å²) in [4.78, 5) is 11.6. The van der Waals surface area contributed by atoms with Crippen molar-refractivity contribution in [2.75, 3.05) is 18.1 Å². The quantitative estimate of drug-likeness (QED) is 0.491. The summed E-state index contributed by atoms with van der Waals surface area (Å²) in [6.45, 7) is 6.69. The van der Waals surface area contributed by atoms with Gasteiger partial charge in [-0.2, -0.15) is 0 Å². The van der Waals surface area contributed by atoms with Crippen molar-refractivity contribution in [1.29, 1.82) is 0 Å². The summed E-state index contributed by atoms with van der Waals surface area (Å²) in [5, 5.41) is 11.2. The van der Waals surface area contributed by atoms with E-state index in [1.165, 1.54) is 22.0 Å². The number of benzene rings is 1. The van der Waals surface area contributed by atoms with Gasteiger partial charge >= 0.3 is 0 Å². The lowest BCUT2D eigenvalue weighted by atomic mass is 9.87. The molecule has 6 nitrogen and oxygen atoms in total. The summed E-state index contributed by atoms with van der Waals surface area (Å²) in [7, 11) is 0. The molecular formula is C17H21N5OS. The lowest BCUT2D eigenvalue weighted by Gasteiger charge is -2.19. The van der Waals surface area contributed by atoms with Gasteiger partial charge in [-0.3, -0.25) is 4.79 Å². The fraction of sp³-hybridized carbons (Fsp3) is 0.353. The molecule has 1 heterocycles. The van der Waals surface area contributed by atoms with E-state index in [0.29, 0.717) is 11.0 Å². The molecule has 7 heteroatoms. The van der Waals surface area contributed by atoms with E-state index >= 15 is 0 Å². The minimum absolute atomic E-state index is 0.0850. The van der Waals surface area contributed by atoms with Gasteiger partial charge < -0.3 is 11.2 Å². The normalized spacial score (nSPS) is 11.1. The molecule has 24 heavy (non-hydrogen) atoms. The van der Waals surface area contributed by atoms with Crippen molar-refractivity contribution in [3.05, 3.63) is 29.8 Å². The van der Waals surface area contributed by atoms with Crippen LogP contribution in [0.2, 0.25) is 0 Å². The standard InChI is InChI=1S/C17H21N5OS/c1-5-10-19-14(23)11-24-16-21-20-15(22(16)18)12-6-8-13(9-7-12)17(2,3)4/h1,6-9H,10-11,18H2,2-4H3,(H,19,23). The molecule has 0 aliphatic rings. The number of aromatic nitrogens is 3. The fourth-order valence-electron chi connectivity index (χ4n) is 2.02. The molecule has 1 aromatic carbocycles. The first-order valence-corrected chi connectivity index (χ1v) is 8.46. The van der Waals surface area contributed by atoms with Gasteiger partial charge in [0.25, 0.3) is 0 Å². The van der Waals surface area contributed by atoms with Crippen LogP contribution in [0.3, 0.4) is 0 Å². The molecular weight excluding hydrogens is 322 g/mol. The second-order valence-electron chi connectivity index (χ2n) is 6.27. The number of terminal acetylenes is 1. The maximum Gasteiger partial charge on any atom is 0.231 e. The highest BCUT2D eigenvalue weighted by atomic mass is 32.2. The molecule has 0 spiro atoms. The molecule has 0 radical (unpaired) electrons. The maximum atomic E-state index is 11.6. The van der Waals surface area contributed by atoms with Gasteiger partial charge in [-0.15, -0.1) is 16.6 Å². The number of nitrogen functional groups attached to an aromatic ring is 1. The minimum Gasteiger partial charge on any atom is -0.344 e. The molecule has 0 saturated heterocycles. The van der Waals surface area contributed by atoms with E-state index < -0.39 is 0 Å². The van der Waals surface area contributed by atoms with Crippen LogP contribution >= 0.6 is 11.8 Å². The molecule has 1 amide bonds. The predicted molar refractivity (Wildman–Crippen MR) is 96.9 cm³/mol. The first-order valence-electron chi connectivity index (χ1n) is 7.47. The van der Waals surface area contributed by atoms with Crippen LogP contribution < -0.4 is 11.2 Å². The van der Waals surface area contributed by atoms with Crippen LogP contribution in [0.25, 0.3) is 11.4 Å². The summed E-state index contributed by atoms with van der Waals surface area (Å²) in [5.41, 5.74) is 2.19. The fourth-order valence-corrected chi connectivity index (χ4v) is 2.71. The van der Waals surface area contributed by atoms with Crippen molar-refractivity contribution in [1.82, 2.24) is 20.2 Å². The largest absolute Gasteiger partial charge is 0.344 e. The number of nitrogens with two attached hydrogens (primary N) is 1.